The van der Waals surface area contributed by atoms with Gasteiger partial charge in [0.15, 0.2) is 0 Å². The number of carbonyl (C=O) groups excluding carboxylic acids is 1. The average molecular weight is 207 g/mol. The molecule has 3 nitrogen and oxygen atoms in total. The Morgan fingerprint density at radius 3 is 2.87 bits per heavy atom. The van der Waals surface area contributed by atoms with E-state index < -0.39 is 0 Å². The van der Waals surface area contributed by atoms with Crippen LogP contribution in [0.3, 0.4) is 0 Å². The molecule has 0 saturated heterocycles. The molecule has 1 unspecified atom stereocenters. The van der Waals surface area contributed by atoms with Gasteiger partial charge < -0.3 is 10.1 Å². The third kappa shape index (κ3) is 4.02. The highest BCUT2D eigenvalue weighted by atomic mass is 16.5. The van der Waals surface area contributed by atoms with Crippen LogP contribution in [0.15, 0.2) is 24.3 Å². The minimum atomic E-state index is -0.192. The van der Waals surface area contributed by atoms with Gasteiger partial charge in [-0.25, -0.2) is 0 Å². The van der Waals surface area contributed by atoms with E-state index in [0.29, 0.717) is 6.42 Å². The smallest absolute Gasteiger partial charge is 0.307 e. The van der Waals surface area contributed by atoms with E-state index in [1.54, 1.807) is 0 Å². The van der Waals surface area contributed by atoms with Crippen molar-refractivity contribution in [1.82, 2.24) is 0 Å². The second kappa shape index (κ2) is 5.39. The summed E-state index contributed by atoms with van der Waals surface area (Å²) in [5, 5.41) is 3.25. The summed E-state index contributed by atoms with van der Waals surface area (Å²) < 4.78 is 4.60. The number of carbonyl (C=O) groups is 1. The van der Waals surface area contributed by atoms with Gasteiger partial charge in [0.1, 0.15) is 0 Å². The summed E-state index contributed by atoms with van der Waals surface area (Å²) in [5.41, 5.74) is 2.23. The normalized spacial score (nSPS) is 11.9. The molecule has 0 spiro atoms. The quantitative estimate of drug-likeness (QED) is 0.770. The van der Waals surface area contributed by atoms with Crippen molar-refractivity contribution in [3.05, 3.63) is 29.8 Å². The SMILES string of the molecule is COC(=O)CC(C)Nc1cccc(C)c1. The zero-order chi connectivity index (χ0) is 11.3. The van der Waals surface area contributed by atoms with Gasteiger partial charge in [0.2, 0.25) is 0 Å². The zero-order valence-corrected chi connectivity index (χ0v) is 9.41. The van der Waals surface area contributed by atoms with Crippen LogP contribution in [-0.4, -0.2) is 19.1 Å². The highest BCUT2D eigenvalue weighted by Crippen LogP contribution is 2.11. The van der Waals surface area contributed by atoms with Gasteiger partial charge in [0, 0.05) is 11.7 Å². The predicted octanol–water partition coefficient (Wildman–Crippen LogP) is 2.36. The fraction of sp³-hybridized carbons (Fsp3) is 0.417. The molecule has 1 aromatic rings. The molecular weight excluding hydrogens is 190 g/mol. The number of aryl methyl sites for hydroxylation is 1. The number of ether oxygens (including phenoxy) is 1. The number of hydrogen-bond donors (Lipinski definition) is 1. The van der Waals surface area contributed by atoms with Crippen molar-refractivity contribution in [3.63, 3.8) is 0 Å². The Labute approximate surface area is 90.4 Å². The lowest BCUT2D eigenvalue weighted by Crippen LogP contribution is -2.20. The standard InChI is InChI=1S/C12H17NO2/c1-9-5-4-6-11(7-9)13-10(2)8-12(14)15-3/h4-7,10,13H,8H2,1-3H3. The maximum absolute atomic E-state index is 11.0. The molecule has 0 radical (unpaired) electrons. The highest BCUT2D eigenvalue weighted by Gasteiger charge is 2.08. The van der Waals surface area contributed by atoms with Crippen molar-refractivity contribution in [1.29, 1.82) is 0 Å². The van der Waals surface area contributed by atoms with Gasteiger partial charge in [-0.2, -0.15) is 0 Å². The maximum Gasteiger partial charge on any atom is 0.307 e. The van der Waals surface area contributed by atoms with E-state index in [4.69, 9.17) is 0 Å². The van der Waals surface area contributed by atoms with Crippen LogP contribution >= 0.6 is 0 Å². The van der Waals surface area contributed by atoms with Gasteiger partial charge >= 0.3 is 5.97 Å². The summed E-state index contributed by atoms with van der Waals surface area (Å²) in [6, 6.07) is 8.15. The van der Waals surface area contributed by atoms with E-state index in [1.165, 1.54) is 12.7 Å². The van der Waals surface area contributed by atoms with Crippen LogP contribution in [0.1, 0.15) is 18.9 Å². The maximum atomic E-state index is 11.0. The Balaban J connectivity index is 2.51. The zero-order valence-electron chi connectivity index (χ0n) is 9.41. The lowest BCUT2D eigenvalue weighted by atomic mass is 10.2. The first-order valence-corrected chi connectivity index (χ1v) is 5.02. The Morgan fingerprint density at radius 1 is 1.53 bits per heavy atom. The minimum absolute atomic E-state index is 0.0826. The minimum Gasteiger partial charge on any atom is -0.469 e. The molecule has 0 aliphatic carbocycles. The molecular formula is C12H17NO2. The summed E-state index contributed by atoms with van der Waals surface area (Å²) in [6.07, 6.45) is 0.379. The van der Waals surface area contributed by atoms with Gasteiger partial charge in [-0.15, -0.1) is 0 Å². The molecule has 1 atom stereocenters. The van der Waals surface area contributed by atoms with Crippen molar-refractivity contribution in [2.45, 2.75) is 26.3 Å². The molecule has 0 fully saturated rings. The van der Waals surface area contributed by atoms with Crippen molar-refractivity contribution in [3.8, 4) is 0 Å². The first kappa shape index (κ1) is 11.6. The lowest BCUT2D eigenvalue weighted by Gasteiger charge is -2.14. The number of benzene rings is 1. The van der Waals surface area contributed by atoms with Crippen LogP contribution in [0.25, 0.3) is 0 Å². The Morgan fingerprint density at radius 2 is 2.27 bits per heavy atom. The molecule has 0 saturated carbocycles. The number of anilines is 1. The molecule has 3 heteroatoms. The van der Waals surface area contributed by atoms with E-state index >= 15 is 0 Å². The van der Waals surface area contributed by atoms with Crippen LogP contribution in [0.4, 0.5) is 5.69 Å². The topological polar surface area (TPSA) is 38.3 Å². The molecule has 0 amide bonds. The fourth-order valence-electron chi connectivity index (χ4n) is 1.40. The number of nitrogens with one attached hydrogen (secondary N) is 1. The van der Waals surface area contributed by atoms with E-state index in [0.717, 1.165) is 5.69 Å². The molecule has 1 N–H and O–H groups in total. The summed E-state index contributed by atoms with van der Waals surface area (Å²) in [4.78, 5) is 11.0. The van der Waals surface area contributed by atoms with E-state index in [-0.39, 0.29) is 12.0 Å². The van der Waals surface area contributed by atoms with Crippen LogP contribution in [-0.2, 0) is 9.53 Å². The van der Waals surface area contributed by atoms with E-state index in [2.05, 4.69) is 10.1 Å². The van der Waals surface area contributed by atoms with Crippen LogP contribution in [0, 0.1) is 6.92 Å². The van der Waals surface area contributed by atoms with Crippen molar-refractivity contribution >= 4 is 11.7 Å². The number of rotatable bonds is 4. The van der Waals surface area contributed by atoms with Gasteiger partial charge in [-0.1, -0.05) is 12.1 Å². The monoisotopic (exact) mass is 207 g/mol. The largest absolute Gasteiger partial charge is 0.469 e. The molecule has 0 aliphatic heterocycles. The number of esters is 1. The summed E-state index contributed by atoms with van der Waals surface area (Å²) in [5.74, 6) is -0.192. The predicted molar refractivity (Wildman–Crippen MR) is 60.9 cm³/mol. The molecule has 0 aromatic heterocycles. The van der Waals surface area contributed by atoms with Crippen LogP contribution in [0.2, 0.25) is 0 Å². The Hall–Kier alpha value is -1.51. The van der Waals surface area contributed by atoms with Gasteiger partial charge in [-0.3, -0.25) is 4.79 Å². The second-order valence-corrected chi connectivity index (χ2v) is 3.70. The first-order valence-electron chi connectivity index (χ1n) is 5.02. The van der Waals surface area contributed by atoms with Crippen LogP contribution in [0.5, 0.6) is 0 Å². The van der Waals surface area contributed by atoms with Gasteiger partial charge in [0.25, 0.3) is 0 Å². The van der Waals surface area contributed by atoms with Crippen molar-refractivity contribution in [2.24, 2.45) is 0 Å². The third-order valence-corrected chi connectivity index (χ3v) is 2.13. The second-order valence-electron chi connectivity index (χ2n) is 3.70. The summed E-state index contributed by atoms with van der Waals surface area (Å²) in [7, 11) is 1.40. The molecule has 1 aromatic carbocycles. The van der Waals surface area contributed by atoms with Crippen molar-refractivity contribution < 1.29 is 9.53 Å². The lowest BCUT2D eigenvalue weighted by molar-refractivity contribution is -0.140. The Bertz CT molecular complexity index is 336. The highest BCUT2D eigenvalue weighted by molar-refractivity contribution is 5.70. The van der Waals surface area contributed by atoms with Gasteiger partial charge in [0.05, 0.1) is 13.5 Å². The molecule has 0 heterocycles. The van der Waals surface area contributed by atoms with Gasteiger partial charge in [-0.05, 0) is 31.5 Å². The van der Waals surface area contributed by atoms with E-state index in [1.807, 2.05) is 38.1 Å². The molecule has 0 bridgehead atoms. The Kier molecular flexibility index (Phi) is 4.16. The summed E-state index contributed by atoms with van der Waals surface area (Å²) >= 11 is 0. The van der Waals surface area contributed by atoms with E-state index in [9.17, 15) is 4.79 Å². The van der Waals surface area contributed by atoms with Crippen molar-refractivity contribution in [2.75, 3.05) is 12.4 Å². The first-order chi connectivity index (χ1) is 7.11. The molecule has 1 rings (SSSR count). The molecule has 82 valence electrons. The number of hydrogen-bond acceptors (Lipinski definition) is 3. The molecule has 15 heavy (non-hydrogen) atoms. The molecule has 0 aliphatic rings. The third-order valence-electron chi connectivity index (χ3n) is 2.13. The summed E-state index contributed by atoms with van der Waals surface area (Å²) in [6.45, 7) is 4.00. The average Bonchev–Trinajstić information content (AvgIpc) is 2.17. The number of methoxy groups -OCH3 is 1. The van der Waals surface area contributed by atoms with Crippen LogP contribution < -0.4 is 5.32 Å². The fourth-order valence-corrected chi connectivity index (χ4v) is 1.40.